The van der Waals surface area contributed by atoms with Gasteiger partial charge in [0.05, 0.1) is 19.3 Å². The Hall–Kier alpha value is -1.11. The van der Waals surface area contributed by atoms with Crippen molar-refractivity contribution in [1.29, 1.82) is 0 Å². The highest BCUT2D eigenvalue weighted by Crippen LogP contribution is 2.24. The zero-order valence-electron chi connectivity index (χ0n) is 13.4. The number of fused-ring (bicyclic) bond motifs is 1. The lowest BCUT2D eigenvalue weighted by Gasteiger charge is -2.35. The van der Waals surface area contributed by atoms with Crippen molar-refractivity contribution in [3.05, 3.63) is 21.9 Å². The van der Waals surface area contributed by atoms with E-state index in [0.29, 0.717) is 32.3 Å². The number of nitrogens with one attached hydrogen (secondary N) is 1. The van der Waals surface area contributed by atoms with Crippen molar-refractivity contribution in [2.45, 2.75) is 38.9 Å². The number of amides is 2. The van der Waals surface area contributed by atoms with Gasteiger partial charge in [-0.3, -0.25) is 4.90 Å². The fraction of sp³-hybridized carbons (Fsp3) is 0.688. The minimum atomic E-state index is 0.0379. The van der Waals surface area contributed by atoms with Gasteiger partial charge in [-0.1, -0.05) is 0 Å². The Balaban J connectivity index is 1.48. The molecule has 2 aliphatic rings. The molecule has 2 aliphatic heterocycles. The van der Waals surface area contributed by atoms with Crippen LogP contribution in [-0.4, -0.2) is 60.8 Å². The van der Waals surface area contributed by atoms with E-state index in [-0.39, 0.29) is 12.1 Å². The molecule has 0 spiro atoms. The average Bonchev–Trinajstić information content (AvgIpc) is 3.00. The second-order valence-corrected chi connectivity index (χ2v) is 7.24. The maximum atomic E-state index is 12.3. The van der Waals surface area contributed by atoms with E-state index in [9.17, 15) is 4.79 Å². The van der Waals surface area contributed by atoms with Gasteiger partial charge in [0, 0.05) is 37.1 Å². The summed E-state index contributed by atoms with van der Waals surface area (Å²) >= 11 is 1.86. The van der Waals surface area contributed by atoms with Crippen LogP contribution >= 0.6 is 11.3 Å². The molecule has 2 amide bonds. The van der Waals surface area contributed by atoms with E-state index < -0.39 is 0 Å². The van der Waals surface area contributed by atoms with E-state index in [1.54, 1.807) is 0 Å². The smallest absolute Gasteiger partial charge is 0.317 e. The number of morpholine rings is 1. The predicted molar refractivity (Wildman–Crippen MR) is 88.3 cm³/mol. The van der Waals surface area contributed by atoms with Crippen molar-refractivity contribution in [2.24, 2.45) is 0 Å². The van der Waals surface area contributed by atoms with Gasteiger partial charge >= 0.3 is 6.03 Å². The Morgan fingerprint density at radius 1 is 1.55 bits per heavy atom. The second kappa shape index (κ2) is 6.98. The summed E-state index contributed by atoms with van der Waals surface area (Å²) in [5, 5.41) is 5.27. The topological polar surface area (TPSA) is 44.8 Å². The highest BCUT2D eigenvalue weighted by atomic mass is 32.1. The first-order valence-corrected chi connectivity index (χ1v) is 8.94. The summed E-state index contributed by atoms with van der Waals surface area (Å²) < 4.78 is 5.38. The number of carbonyl (C=O) groups is 1. The Morgan fingerprint density at radius 2 is 2.41 bits per heavy atom. The lowest BCUT2D eigenvalue weighted by Crippen LogP contribution is -2.53. The van der Waals surface area contributed by atoms with Crippen molar-refractivity contribution < 1.29 is 9.53 Å². The number of nitrogens with zero attached hydrogens (tertiary/aromatic N) is 2. The molecule has 0 saturated carbocycles. The van der Waals surface area contributed by atoms with Gasteiger partial charge in [-0.2, -0.15) is 0 Å². The Morgan fingerprint density at radius 3 is 3.23 bits per heavy atom. The SMILES string of the molecule is C[C@H](CNC(=O)N1CCOC[C@@H]1C)N1CCc2sccc2C1. The summed E-state index contributed by atoms with van der Waals surface area (Å²) in [6, 6.07) is 2.78. The van der Waals surface area contributed by atoms with Gasteiger partial charge in [0.25, 0.3) is 0 Å². The summed E-state index contributed by atoms with van der Waals surface area (Å²) in [5.41, 5.74) is 1.45. The zero-order chi connectivity index (χ0) is 15.5. The lowest BCUT2D eigenvalue weighted by atomic mass is 10.1. The monoisotopic (exact) mass is 323 g/mol. The Bertz CT molecular complexity index is 519. The molecule has 0 radical (unpaired) electrons. The highest BCUT2D eigenvalue weighted by molar-refractivity contribution is 7.10. The van der Waals surface area contributed by atoms with Gasteiger partial charge in [-0.25, -0.2) is 4.79 Å². The first-order chi connectivity index (χ1) is 10.6. The number of thiophene rings is 1. The van der Waals surface area contributed by atoms with Crippen molar-refractivity contribution in [2.75, 3.05) is 32.8 Å². The van der Waals surface area contributed by atoms with Crippen molar-refractivity contribution >= 4 is 17.4 Å². The number of carbonyl (C=O) groups excluding carboxylic acids is 1. The van der Waals surface area contributed by atoms with E-state index in [1.165, 1.54) is 10.4 Å². The molecule has 5 nitrogen and oxygen atoms in total. The molecule has 1 N–H and O–H groups in total. The quantitative estimate of drug-likeness (QED) is 0.924. The van der Waals surface area contributed by atoms with Crippen LogP contribution in [0.4, 0.5) is 4.79 Å². The number of hydrogen-bond donors (Lipinski definition) is 1. The van der Waals surface area contributed by atoms with Crippen LogP contribution in [0.5, 0.6) is 0 Å². The molecule has 6 heteroatoms. The van der Waals surface area contributed by atoms with E-state index in [0.717, 1.165) is 19.5 Å². The van der Waals surface area contributed by atoms with Gasteiger partial charge in [0.15, 0.2) is 0 Å². The van der Waals surface area contributed by atoms with Crippen LogP contribution in [0, 0.1) is 0 Å². The van der Waals surface area contributed by atoms with Crippen molar-refractivity contribution in [3.63, 3.8) is 0 Å². The highest BCUT2D eigenvalue weighted by Gasteiger charge is 2.25. The summed E-state index contributed by atoms with van der Waals surface area (Å²) in [7, 11) is 0. The zero-order valence-corrected chi connectivity index (χ0v) is 14.2. The minimum Gasteiger partial charge on any atom is -0.377 e. The fourth-order valence-electron chi connectivity index (χ4n) is 3.14. The molecule has 1 aromatic rings. The van der Waals surface area contributed by atoms with Crippen LogP contribution < -0.4 is 5.32 Å². The van der Waals surface area contributed by atoms with Crippen molar-refractivity contribution in [1.82, 2.24) is 15.1 Å². The molecule has 22 heavy (non-hydrogen) atoms. The molecule has 1 fully saturated rings. The third-order valence-electron chi connectivity index (χ3n) is 4.64. The van der Waals surface area contributed by atoms with E-state index in [2.05, 4.69) is 28.6 Å². The maximum absolute atomic E-state index is 12.3. The van der Waals surface area contributed by atoms with Crippen LogP contribution in [0.3, 0.4) is 0 Å². The first-order valence-electron chi connectivity index (χ1n) is 8.06. The minimum absolute atomic E-state index is 0.0379. The summed E-state index contributed by atoms with van der Waals surface area (Å²) in [6.07, 6.45) is 1.13. The number of rotatable bonds is 3. The number of hydrogen-bond acceptors (Lipinski definition) is 4. The molecular formula is C16H25N3O2S. The predicted octanol–water partition coefficient (Wildman–Crippen LogP) is 1.92. The molecule has 3 rings (SSSR count). The molecule has 0 aliphatic carbocycles. The van der Waals surface area contributed by atoms with Gasteiger partial charge in [0.2, 0.25) is 0 Å². The summed E-state index contributed by atoms with van der Waals surface area (Å²) in [5.74, 6) is 0. The van der Waals surface area contributed by atoms with Gasteiger partial charge in [-0.05, 0) is 37.3 Å². The van der Waals surface area contributed by atoms with Crippen LogP contribution in [-0.2, 0) is 17.7 Å². The molecule has 0 unspecified atom stereocenters. The van der Waals surface area contributed by atoms with Gasteiger partial charge < -0.3 is 15.0 Å². The summed E-state index contributed by atoms with van der Waals surface area (Å²) in [4.78, 5) is 18.2. The largest absolute Gasteiger partial charge is 0.377 e. The Kier molecular flexibility index (Phi) is 5.00. The second-order valence-electron chi connectivity index (χ2n) is 6.24. The van der Waals surface area contributed by atoms with Crippen LogP contribution in [0.15, 0.2) is 11.4 Å². The standard InChI is InChI=1S/C16H25N3O2S/c1-12(18-5-3-15-14(10-18)4-8-22-15)9-17-16(20)19-6-7-21-11-13(19)2/h4,8,12-13H,3,5-7,9-11H2,1-2H3,(H,17,20)/t12-,13+/m1/s1. The van der Waals surface area contributed by atoms with Gasteiger partial charge in [0.1, 0.15) is 0 Å². The Labute approximate surface area is 136 Å². The van der Waals surface area contributed by atoms with Crippen LogP contribution in [0.1, 0.15) is 24.3 Å². The lowest BCUT2D eigenvalue weighted by molar-refractivity contribution is 0.0186. The fourth-order valence-corrected chi connectivity index (χ4v) is 4.03. The van der Waals surface area contributed by atoms with Crippen molar-refractivity contribution in [3.8, 4) is 0 Å². The third-order valence-corrected chi connectivity index (χ3v) is 5.66. The van der Waals surface area contributed by atoms with E-state index in [1.807, 2.05) is 23.2 Å². The van der Waals surface area contributed by atoms with Crippen LogP contribution in [0.2, 0.25) is 0 Å². The number of ether oxygens (including phenoxy) is 1. The molecule has 0 aromatic carbocycles. The molecule has 3 heterocycles. The average molecular weight is 323 g/mol. The molecule has 1 saturated heterocycles. The first kappa shape index (κ1) is 15.8. The van der Waals surface area contributed by atoms with E-state index in [4.69, 9.17) is 4.74 Å². The normalized spacial score (nSPS) is 23.9. The van der Waals surface area contributed by atoms with E-state index >= 15 is 0 Å². The maximum Gasteiger partial charge on any atom is 0.317 e. The molecule has 122 valence electrons. The molecule has 0 bridgehead atoms. The van der Waals surface area contributed by atoms with Crippen LogP contribution in [0.25, 0.3) is 0 Å². The molecule has 2 atom stereocenters. The molecular weight excluding hydrogens is 298 g/mol. The number of urea groups is 1. The molecule has 1 aromatic heterocycles. The van der Waals surface area contributed by atoms with Gasteiger partial charge in [-0.15, -0.1) is 11.3 Å². The third kappa shape index (κ3) is 3.45. The summed E-state index contributed by atoms with van der Waals surface area (Å²) in [6.45, 7) is 8.97.